The van der Waals surface area contributed by atoms with Gasteiger partial charge in [0.15, 0.2) is 12.4 Å². The van der Waals surface area contributed by atoms with Crippen LogP contribution >= 0.6 is 11.8 Å². The number of hydrogen-bond acceptors (Lipinski definition) is 7. The zero-order chi connectivity index (χ0) is 19.5. The molecule has 7 heteroatoms. The summed E-state index contributed by atoms with van der Waals surface area (Å²) in [6.45, 7) is 0.289. The van der Waals surface area contributed by atoms with Gasteiger partial charge in [0.05, 0.1) is 12.2 Å². The van der Waals surface area contributed by atoms with Crippen molar-refractivity contribution in [2.75, 3.05) is 12.9 Å². The van der Waals surface area contributed by atoms with E-state index in [1.165, 1.54) is 11.8 Å². The lowest BCUT2D eigenvalue weighted by Gasteiger charge is -2.47. The predicted molar refractivity (Wildman–Crippen MR) is 104 cm³/mol. The number of carbonyl (C=O) groups excluding carboxylic acids is 1. The van der Waals surface area contributed by atoms with Crippen LogP contribution < -0.4 is 0 Å². The highest BCUT2D eigenvalue weighted by atomic mass is 32.2. The molecule has 4 unspecified atom stereocenters. The van der Waals surface area contributed by atoms with Crippen molar-refractivity contribution in [3.05, 3.63) is 71.8 Å². The second kappa shape index (κ2) is 8.63. The molecule has 0 radical (unpaired) electrons. The SMILES string of the molecule is CS[C@@H]1OC2COC(c3ccccc3)O[C@@H]2C(O)C1OC(=O)c1ccccc1. The minimum absolute atomic E-state index is 0.289. The average molecular weight is 402 g/mol. The Bertz CT molecular complexity index is 786. The van der Waals surface area contributed by atoms with Gasteiger partial charge in [-0.15, -0.1) is 11.8 Å². The fourth-order valence-corrected chi connectivity index (χ4v) is 4.17. The smallest absolute Gasteiger partial charge is 0.338 e. The van der Waals surface area contributed by atoms with Gasteiger partial charge in [-0.05, 0) is 18.4 Å². The number of carbonyl (C=O) groups is 1. The highest BCUT2D eigenvalue weighted by Crippen LogP contribution is 2.37. The summed E-state index contributed by atoms with van der Waals surface area (Å²) in [7, 11) is 0. The average Bonchev–Trinajstić information content (AvgIpc) is 2.76. The number of aliphatic hydroxyl groups excluding tert-OH is 1. The van der Waals surface area contributed by atoms with E-state index in [-0.39, 0.29) is 6.61 Å². The van der Waals surface area contributed by atoms with Gasteiger partial charge in [0.2, 0.25) is 0 Å². The summed E-state index contributed by atoms with van der Waals surface area (Å²) in [5.41, 5.74) is 0.772. The van der Waals surface area contributed by atoms with Gasteiger partial charge < -0.3 is 24.1 Å². The molecule has 2 heterocycles. The van der Waals surface area contributed by atoms with Crippen LogP contribution in [0.25, 0.3) is 0 Å². The third kappa shape index (κ3) is 3.94. The van der Waals surface area contributed by atoms with Crippen LogP contribution in [0, 0.1) is 0 Å². The monoisotopic (exact) mass is 402 g/mol. The van der Waals surface area contributed by atoms with Crippen LogP contribution in [0.2, 0.25) is 0 Å². The van der Waals surface area contributed by atoms with E-state index < -0.39 is 42.1 Å². The van der Waals surface area contributed by atoms with Crippen molar-refractivity contribution in [1.82, 2.24) is 0 Å². The van der Waals surface area contributed by atoms with Crippen molar-refractivity contribution in [3.8, 4) is 0 Å². The van der Waals surface area contributed by atoms with Gasteiger partial charge in [0.1, 0.15) is 23.7 Å². The Labute approximate surface area is 167 Å². The second-order valence-electron chi connectivity index (χ2n) is 6.68. The van der Waals surface area contributed by atoms with Gasteiger partial charge in [-0.3, -0.25) is 0 Å². The molecule has 0 saturated carbocycles. The summed E-state index contributed by atoms with van der Waals surface area (Å²) < 4.78 is 23.4. The highest BCUT2D eigenvalue weighted by Gasteiger charge is 2.50. The first kappa shape index (κ1) is 19.4. The summed E-state index contributed by atoms with van der Waals surface area (Å²) in [5, 5.41) is 11.0. The van der Waals surface area contributed by atoms with Crippen LogP contribution in [0.3, 0.4) is 0 Å². The first-order chi connectivity index (χ1) is 13.7. The van der Waals surface area contributed by atoms with E-state index in [1.54, 1.807) is 24.3 Å². The Morgan fingerprint density at radius 1 is 1.07 bits per heavy atom. The molecular weight excluding hydrogens is 380 g/mol. The zero-order valence-corrected chi connectivity index (χ0v) is 16.2. The van der Waals surface area contributed by atoms with Gasteiger partial charge in [-0.2, -0.15) is 0 Å². The van der Waals surface area contributed by atoms with Crippen LogP contribution in [0.15, 0.2) is 60.7 Å². The molecule has 2 saturated heterocycles. The normalized spacial score (nSPS) is 32.4. The first-order valence-corrected chi connectivity index (χ1v) is 10.4. The van der Waals surface area contributed by atoms with Crippen LogP contribution in [0.1, 0.15) is 22.2 Å². The Hall–Kier alpha value is -1.90. The van der Waals surface area contributed by atoms with Crippen LogP contribution in [-0.2, 0) is 18.9 Å². The molecular formula is C21H22O6S. The number of fused-ring (bicyclic) bond motifs is 1. The van der Waals surface area contributed by atoms with E-state index in [0.717, 1.165) is 5.56 Å². The molecule has 6 nitrogen and oxygen atoms in total. The molecule has 4 rings (SSSR count). The summed E-state index contributed by atoms with van der Waals surface area (Å²) in [6, 6.07) is 18.2. The van der Waals surface area contributed by atoms with Gasteiger partial charge in [0.25, 0.3) is 0 Å². The number of hydrogen-bond donors (Lipinski definition) is 1. The number of rotatable bonds is 4. The lowest BCUT2D eigenvalue weighted by atomic mass is 9.98. The van der Waals surface area contributed by atoms with Crippen molar-refractivity contribution >= 4 is 17.7 Å². The summed E-state index contributed by atoms with van der Waals surface area (Å²) in [5.74, 6) is -0.502. The minimum atomic E-state index is -1.03. The Kier molecular flexibility index (Phi) is 5.99. The number of thioether (sulfide) groups is 1. The van der Waals surface area contributed by atoms with E-state index in [2.05, 4.69) is 0 Å². The molecule has 0 aliphatic carbocycles. The molecule has 28 heavy (non-hydrogen) atoms. The van der Waals surface area contributed by atoms with Crippen LogP contribution in [-0.4, -0.2) is 53.8 Å². The van der Waals surface area contributed by atoms with Crippen LogP contribution in [0.5, 0.6) is 0 Å². The summed E-state index contributed by atoms with van der Waals surface area (Å²) >= 11 is 1.38. The predicted octanol–water partition coefficient (Wildman–Crippen LogP) is 2.78. The van der Waals surface area contributed by atoms with Gasteiger partial charge >= 0.3 is 5.97 Å². The standard InChI is InChI=1S/C21H22O6S/c1-28-21-18(26-19(23)13-8-4-2-5-9-13)16(22)17-15(25-21)12-24-20(27-17)14-10-6-3-7-11-14/h2-11,15-18,20-22H,12H2,1H3/t15?,16?,17-,18?,20?,21-/m0/s1. The van der Waals surface area contributed by atoms with E-state index >= 15 is 0 Å². The summed E-state index contributed by atoms with van der Waals surface area (Å²) in [6.07, 6.45) is -1.72. The maximum atomic E-state index is 12.5. The number of ether oxygens (including phenoxy) is 4. The molecule has 0 amide bonds. The topological polar surface area (TPSA) is 74.2 Å². The molecule has 0 aromatic heterocycles. The fourth-order valence-electron chi connectivity index (χ4n) is 3.43. The van der Waals surface area contributed by atoms with Crippen molar-refractivity contribution in [3.63, 3.8) is 0 Å². The minimum Gasteiger partial charge on any atom is -0.452 e. The number of benzene rings is 2. The zero-order valence-electron chi connectivity index (χ0n) is 15.3. The maximum Gasteiger partial charge on any atom is 0.338 e. The quantitative estimate of drug-likeness (QED) is 0.788. The third-order valence-corrected chi connectivity index (χ3v) is 5.71. The Morgan fingerprint density at radius 2 is 1.75 bits per heavy atom. The van der Waals surface area contributed by atoms with E-state index in [0.29, 0.717) is 5.56 Å². The molecule has 2 aromatic rings. The number of esters is 1. The van der Waals surface area contributed by atoms with Crippen molar-refractivity contribution < 1.29 is 28.8 Å². The van der Waals surface area contributed by atoms with Gasteiger partial charge in [-0.1, -0.05) is 48.5 Å². The van der Waals surface area contributed by atoms with E-state index in [9.17, 15) is 9.90 Å². The Morgan fingerprint density at radius 3 is 2.43 bits per heavy atom. The molecule has 2 aliphatic rings. The second-order valence-corrected chi connectivity index (χ2v) is 7.62. The lowest BCUT2D eigenvalue weighted by molar-refractivity contribution is -0.317. The molecule has 2 aromatic carbocycles. The maximum absolute atomic E-state index is 12.5. The third-order valence-electron chi connectivity index (χ3n) is 4.87. The van der Waals surface area contributed by atoms with Crippen LogP contribution in [0.4, 0.5) is 0 Å². The molecule has 0 bridgehead atoms. The molecule has 148 valence electrons. The summed E-state index contributed by atoms with van der Waals surface area (Å²) in [4.78, 5) is 12.5. The van der Waals surface area contributed by atoms with Crippen molar-refractivity contribution in [2.24, 2.45) is 0 Å². The van der Waals surface area contributed by atoms with Crippen molar-refractivity contribution in [2.45, 2.75) is 36.1 Å². The van der Waals surface area contributed by atoms with Gasteiger partial charge in [0, 0.05) is 5.56 Å². The molecule has 0 spiro atoms. The van der Waals surface area contributed by atoms with Crippen molar-refractivity contribution in [1.29, 1.82) is 0 Å². The van der Waals surface area contributed by atoms with E-state index in [4.69, 9.17) is 18.9 Å². The molecule has 1 N–H and O–H groups in total. The van der Waals surface area contributed by atoms with Gasteiger partial charge in [-0.25, -0.2) is 4.79 Å². The molecule has 6 atom stereocenters. The fraction of sp³-hybridized carbons (Fsp3) is 0.381. The first-order valence-electron chi connectivity index (χ1n) is 9.11. The number of aliphatic hydroxyl groups is 1. The Balaban J connectivity index is 1.50. The largest absolute Gasteiger partial charge is 0.452 e. The van der Waals surface area contributed by atoms with E-state index in [1.807, 2.05) is 42.7 Å². The molecule has 2 fully saturated rings. The highest BCUT2D eigenvalue weighted by molar-refractivity contribution is 7.99. The molecule has 2 aliphatic heterocycles. The lowest BCUT2D eigenvalue weighted by Crippen LogP contribution is -2.61.